The minimum atomic E-state index is 0.618. The van der Waals surface area contributed by atoms with Gasteiger partial charge in [-0.3, -0.25) is 0 Å². The summed E-state index contributed by atoms with van der Waals surface area (Å²) in [6, 6.07) is 20.7. The Kier molecular flexibility index (Phi) is 8.51. The molecule has 0 atom stereocenters. The standard InChI is InChI=1S/C30H33BrN4O2S/c1-34-28-27(25(32)11-6-10-23-18-26(31)38-29(23)28)33-30(34)35(19-21-12-14-24(36-2)15-13-21)16-7-17-37-20-22-8-4-3-5-9-22/h3-5,8-9,11-15,18H,6-7,10,16-17,19-20,32H2,1-2H3/b25-11+. The summed E-state index contributed by atoms with van der Waals surface area (Å²) in [4.78, 5) is 8.70. The highest BCUT2D eigenvalue weighted by molar-refractivity contribution is 9.11. The van der Waals surface area contributed by atoms with E-state index in [1.807, 2.05) is 30.3 Å². The second-order valence-electron chi connectivity index (χ2n) is 9.43. The van der Waals surface area contributed by atoms with Crippen molar-refractivity contribution in [1.29, 1.82) is 0 Å². The molecule has 6 nitrogen and oxygen atoms in total. The van der Waals surface area contributed by atoms with Crippen LogP contribution in [0.5, 0.6) is 5.75 Å². The van der Waals surface area contributed by atoms with Crippen molar-refractivity contribution >= 4 is 38.9 Å². The van der Waals surface area contributed by atoms with Gasteiger partial charge in [-0.25, -0.2) is 4.98 Å². The van der Waals surface area contributed by atoms with Gasteiger partial charge in [0.2, 0.25) is 5.95 Å². The Morgan fingerprint density at radius 1 is 1.11 bits per heavy atom. The number of ether oxygens (including phenoxy) is 2. The molecule has 0 aliphatic heterocycles. The zero-order valence-corrected chi connectivity index (χ0v) is 24.2. The number of nitrogens with two attached hydrogens (primary N) is 1. The Bertz CT molecular complexity index is 1400. The Hall–Kier alpha value is -3.07. The number of imidazole rings is 1. The first-order chi connectivity index (χ1) is 18.5. The average molecular weight is 594 g/mol. The first kappa shape index (κ1) is 26.5. The normalized spacial score (nSPS) is 14.1. The number of methoxy groups -OCH3 is 1. The summed E-state index contributed by atoms with van der Waals surface area (Å²) in [5, 5.41) is 0. The van der Waals surface area contributed by atoms with Crippen molar-refractivity contribution in [1.82, 2.24) is 9.55 Å². The van der Waals surface area contributed by atoms with Gasteiger partial charge in [0.15, 0.2) is 0 Å². The van der Waals surface area contributed by atoms with Gasteiger partial charge in [0.1, 0.15) is 11.4 Å². The third kappa shape index (κ3) is 5.98. The van der Waals surface area contributed by atoms with E-state index in [4.69, 9.17) is 20.2 Å². The molecule has 1 aliphatic rings. The van der Waals surface area contributed by atoms with Crippen LogP contribution in [0, 0.1) is 0 Å². The number of hydrogen-bond donors (Lipinski definition) is 1. The molecule has 0 radical (unpaired) electrons. The maximum absolute atomic E-state index is 6.57. The van der Waals surface area contributed by atoms with E-state index in [1.54, 1.807) is 18.4 Å². The fourth-order valence-corrected chi connectivity index (χ4v) is 6.60. The van der Waals surface area contributed by atoms with E-state index in [0.717, 1.165) is 64.9 Å². The van der Waals surface area contributed by atoms with Crippen molar-refractivity contribution in [3.63, 3.8) is 0 Å². The lowest BCUT2D eigenvalue weighted by atomic mass is 10.0. The van der Waals surface area contributed by atoms with Crippen LogP contribution in [0.2, 0.25) is 0 Å². The van der Waals surface area contributed by atoms with E-state index >= 15 is 0 Å². The molecular formula is C30H33BrN4O2S. The lowest BCUT2D eigenvalue weighted by molar-refractivity contribution is 0.119. The number of fused-ring (bicyclic) bond motifs is 3. The monoisotopic (exact) mass is 592 g/mol. The molecular weight excluding hydrogens is 560 g/mol. The maximum atomic E-state index is 6.57. The number of thiophene rings is 1. The largest absolute Gasteiger partial charge is 0.497 e. The van der Waals surface area contributed by atoms with Crippen LogP contribution in [0.1, 0.15) is 35.2 Å². The van der Waals surface area contributed by atoms with Crippen molar-refractivity contribution in [2.24, 2.45) is 12.8 Å². The predicted molar refractivity (Wildman–Crippen MR) is 159 cm³/mol. The minimum Gasteiger partial charge on any atom is -0.497 e. The highest BCUT2D eigenvalue weighted by Crippen LogP contribution is 2.42. The molecule has 198 valence electrons. The van der Waals surface area contributed by atoms with Gasteiger partial charge in [-0.05, 0) is 70.1 Å². The lowest BCUT2D eigenvalue weighted by Crippen LogP contribution is -2.27. The molecule has 0 unspecified atom stereocenters. The molecule has 4 aromatic rings. The molecule has 0 spiro atoms. The van der Waals surface area contributed by atoms with Crippen molar-refractivity contribution in [2.75, 3.05) is 25.2 Å². The van der Waals surface area contributed by atoms with Gasteiger partial charge in [-0.15, -0.1) is 11.3 Å². The molecule has 0 saturated carbocycles. The molecule has 2 N–H and O–H groups in total. The number of anilines is 1. The van der Waals surface area contributed by atoms with Gasteiger partial charge >= 0.3 is 0 Å². The summed E-state index contributed by atoms with van der Waals surface area (Å²) in [5.74, 6) is 1.76. The fraction of sp³-hybridized carbons (Fsp3) is 0.300. The van der Waals surface area contributed by atoms with Crippen LogP contribution in [0.15, 0.2) is 70.5 Å². The molecule has 8 heteroatoms. The molecule has 2 heterocycles. The first-order valence-corrected chi connectivity index (χ1v) is 14.4. The topological polar surface area (TPSA) is 65.5 Å². The number of benzene rings is 2. The molecule has 0 fully saturated rings. The third-order valence-electron chi connectivity index (χ3n) is 6.76. The summed E-state index contributed by atoms with van der Waals surface area (Å²) in [6.07, 6.45) is 4.85. The number of allylic oxidation sites excluding steroid dienone is 1. The van der Waals surface area contributed by atoms with Crippen molar-refractivity contribution < 1.29 is 9.47 Å². The number of nitrogens with zero attached hydrogens (tertiary/aromatic N) is 3. The predicted octanol–water partition coefficient (Wildman–Crippen LogP) is 6.78. The summed E-state index contributed by atoms with van der Waals surface area (Å²) < 4.78 is 14.7. The van der Waals surface area contributed by atoms with Crippen molar-refractivity contribution in [3.05, 3.63) is 92.9 Å². The SMILES string of the molecule is COc1ccc(CN(CCCOCc2ccccc2)c2nc3c(n2C)-c2sc(Br)cc2CC/C=C\3N)cc1. The summed E-state index contributed by atoms with van der Waals surface area (Å²) in [7, 11) is 3.79. The average Bonchev–Trinajstić information content (AvgIpc) is 3.46. The molecule has 0 saturated heterocycles. The number of aromatic nitrogens is 2. The Balaban J connectivity index is 1.42. The van der Waals surface area contributed by atoms with Gasteiger partial charge in [0.25, 0.3) is 0 Å². The Morgan fingerprint density at radius 3 is 2.66 bits per heavy atom. The molecule has 0 bridgehead atoms. The highest BCUT2D eigenvalue weighted by atomic mass is 79.9. The zero-order valence-electron chi connectivity index (χ0n) is 21.8. The number of halogens is 1. The van der Waals surface area contributed by atoms with Gasteiger partial charge < -0.3 is 24.7 Å². The van der Waals surface area contributed by atoms with Crippen LogP contribution in [0.3, 0.4) is 0 Å². The molecule has 0 amide bonds. The fourth-order valence-electron chi connectivity index (χ4n) is 4.81. The van der Waals surface area contributed by atoms with E-state index in [9.17, 15) is 0 Å². The Labute approximate surface area is 236 Å². The van der Waals surface area contributed by atoms with Crippen LogP contribution in [-0.4, -0.2) is 29.8 Å². The molecule has 2 aromatic carbocycles. The summed E-state index contributed by atoms with van der Waals surface area (Å²) in [5.41, 5.74) is 13.0. The van der Waals surface area contributed by atoms with Crippen LogP contribution in [-0.2, 0) is 31.4 Å². The quantitative estimate of drug-likeness (QED) is 0.206. The van der Waals surface area contributed by atoms with Crippen molar-refractivity contribution in [3.8, 4) is 16.3 Å². The van der Waals surface area contributed by atoms with Crippen molar-refractivity contribution in [2.45, 2.75) is 32.4 Å². The van der Waals surface area contributed by atoms with E-state index in [-0.39, 0.29) is 0 Å². The summed E-state index contributed by atoms with van der Waals surface area (Å²) in [6.45, 7) is 2.81. The van der Waals surface area contributed by atoms with Crippen LogP contribution in [0.25, 0.3) is 16.3 Å². The van der Waals surface area contributed by atoms with E-state index in [0.29, 0.717) is 13.2 Å². The maximum Gasteiger partial charge on any atom is 0.206 e. The van der Waals surface area contributed by atoms with Gasteiger partial charge in [-0.2, -0.15) is 0 Å². The van der Waals surface area contributed by atoms with E-state index in [1.165, 1.54) is 21.6 Å². The van der Waals surface area contributed by atoms with E-state index in [2.05, 4.69) is 68.9 Å². The second kappa shape index (κ2) is 12.2. The van der Waals surface area contributed by atoms with Crippen LogP contribution >= 0.6 is 27.3 Å². The third-order valence-corrected chi connectivity index (χ3v) is 8.45. The second-order valence-corrected chi connectivity index (χ2v) is 11.9. The van der Waals surface area contributed by atoms with Gasteiger partial charge in [-0.1, -0.05) is 48.5 Å². The van der Waals surface area contributed by atoms with Crippen LogP contribution in [0.4, 0.5) is 5.95 Å². The number of aryl methyl sites for hydroxylation is 1. The van der Waals surface area contributed by atoms with Gasteiger partial charge in [0, 0.05) is 26.7 Å². The number of rotatable bonds is 10. The smallest absolute Gasteiger partial charge is 0.206 e. The first-order valence-electron chi connectivity index (χ1n) is 12.8. The molecule has 2 aromatic heterocycles. The molecule has 1 aliphatic carbocycles. The summed E-state index contributed by atoms with van der Waals surface area (Å²) >= 11 is 5.45. The van der Waals surface area contributed by atoms with Crippen LogP contribution < -0.4 is 15.4 Å². The minimum absolute atomic E-state index is 0.618. The number of hydrogen-bond acceptors (Lipinski definition) is 6. The molecule has 5 rings (SSSR count). The highest BCUT2D eigenvalue weighted by Gasteiger charge is 2.26. The molecule has 38 heavy (non-hydrogen) atoms. The lowest BCUT2D eigenvalue weighted by Gasteiger charge is -2.24. The zero-order chi connectivity index (χ0) is 26.5. The van der Waals surface area contributed by atoms with E-state index < -0.39 is 0 Å². The van der Waals surface area contributed by atoms with Gasteiger partial charge in [0.05, 0.1) is 33.8 Å². The Morgan fingerprint density at radius 2 is 1.89 bits per heavy atom.